The number of hydrogen-bond donors (Lipinski definition) is 1. The highest BCUT2D eigenvalue weighted by atomic mass is 16.5. The van der Waals surface area contributed by atoms with E-state index in [9.17, 15) is 19.5 Å². The van der Waals surface area contributed by atoms with Crippen LogP contribution in [0.5, 0.6) is 0 Å². The van der Waals surface area contributed by atoms with Gasteiger partial charge in [-0.15, -0.1) is 0 Å². The first kappa shape index (κ1) is 21.8. The van der Waals surface area contributed by atoms with Gasteiger partial charge < -0.3 is 24.1 Å². The summed E-state index contributed by atoms with van der Waals surface area (Å²) in [4.78, 5) is 41.9. The summed E-state index contributed by atoms with van der Waals surface area (Å²) in [5.74, 6) is -1.54. The molecule has 2 aliphatic heterocycles. The number of ketones is 1. The van der Waals surface area contributed by atoms with E-state index in [1.165, 1.54) is 18.1 Å². The largest absolute Gasteiger partial charge is 0.503 e. The van der Waals surface area contributed by atoms with Crippen LogP contribution in [0.1, 0.15) is 51.1 Å². The van der Waals surface area contributed by atoms with E-state index in [1.54, 1.807) is 37.3 Å². The lowest BCUT2D eigenvalue weighted by molar-refractivity contribution is -0.129. The monoisotopic (exact) mass is 438 g/mol. The molecule has 168 valence electrons. The normalized spacial score (nSPS) is 19.1. The van der Waals surface area contributed by atoms with Crippen molar-refractivity contribution in [2.75, 3.05) is 33.3 Å². The van der Waals surface area contributed by atoms with Crippen LogP contribution >= 0.6 is 0 Å². The van der Waals surface area contributed by atoms with Crippen molar-refractivity contribution >= 4 is 17.7 Å². The SMILES string of the molecule is COC(=O)c1ccc(C2C(C(=O)c3ccc(C)o3)=C(O)C(=O)N2CCN2CCCC2)cc1. The molecule has 0 bridgehead atoms. The van der Waals surface area contributed by atoms with E-state index in [1.807, 2.05) is 0 Å². The van der Waals surface area contributed by atoms with E-state index in [2.05, 4.69) is 4.90 Å². The maximum absolute atomic E-state index is 13.3. The fourth-order valence-electron chi connectivity index (χ4n) is 4.33. The lowest BCUT2D eigenvalue weighted by Crippen LogP contribution is -2.37. The van der Waals surface area contributed by atoms with Crippen LogP contribution < -0.4 is 0 Å². The number of carbonyl (C=O) groups excluding carboxylic acids is 3. The Bertz CT molecular complexity index is 1060. The zero-order chi connectivity index (χ0) is 22.8. The van der Waals surface area contributed by atoms with Crippen molar-refractivity contribution in [3.8, 4) is 0 Å². The van der Waals surface area contributed by atoms with E-state index >= 15 is 0 Å². The molecule has 0 aliphatic carbocycles. The average Bonchev–Trinajstić information content (AvgIpc) is 3.53. The smallest absolute Gasteiger partial charge is 0.337 e. The number of benzene rings is 1. The van der Waals surface area contributed by atoms with Gasteiger partial charge in [0.25, 0.3) is 5.91 Å². The number of rotatable bonds is 7. The number of aryl methyl sites for hydroxylation is 1. The molecule has 1 amide bonds. The van der Waals surface area contributed by atoms with Crippen LogP contribution in [0.2, 0.25) is 0 Å². The molecule has 0 saturated carbocycles. The number of Topliss-reactive ketones (excluding diaryl/α,β-unsaturated/α-hetero) is 1. The number of furan rings is 1. The quantitative estimate of drug-likeness (QED) is 0.524. The zero-order valence-electron chi connectivity index (χ0n) is 18.2. The van der Waals surface area contributed by atoms with Crippen molar-refractivity contribution in [3.63, 3.8) is 0 Å². The van der Waals surface area contributed by atoms with E-state index < -0.39 is 29.5 Å². The van der Waals surface area contributed by atoms with Crippen LogP contribution in [0.15, 0.2) is 52.1 Å². The molecule has 0 radical (unpaired) electrons. The fourth-order valence-corrected chi connectivity index (χ4v) is 4.33. The molecule has 2 aliphatic rings. The minimum atomic E-state index is -0.783. The van der Waals surface area contributed by atoms with Gasteiger partial charge in [-0.3, -0.25) is 9.59 Å². The molecule has 1 saturated heterocycles. The second-order valence-electron chi connectivity index (χ2n) is 8.07. The first-order valence-corrected chi connectivity index (χ1v) is 10.7. The summed E-state index contributed by atoms with van der Waals surface area (Å²) in [5, 5.41) is 10.7. The van der Waals surface area contributed by atoms with Gasteiger partial charge in [0.15, 0.2) is 11.5 Å². The Balaban J connectivity index is 1.69. The standard InChI is InChI=1S/C24H26N2O6/c1-15-5-10-18(32-15)21(27)19-20(16-6-8-17(9-7-16)24(30)31-2)26(23(29)22(19)28)14-13-25-11-3-4-12-25/h5-10,20,28H,3-4,11-14H2,1-2H3. The fraction of sp³-hybridized carbons (Fsp3) is 0.375. The van der Waals surface area contributed by atoms with Gasteiger partial charge in [0.1, 0.15) is 5.76 Å². The van der Waals surface area contributed by atoms with E-state index in [0.29, 0.717) is 30.0 Å². The zero-order valence-corrected chi connectivity index (χ0v) is 18.2. The highest BCUT2D eigenvalue weighted by molar-refractivity contribution is 6.15. The molecule has 0 spiro atoms. The molecule has 1 N–H and O–H groups in total. The van der Waals surface area contributed by atoms with Gasteiger partial charge in [0, 0.05) is 13.1 Å². The molecular weight excluding hydrogens is 412 g/mol. The third-order valence-electron chi connectivity index (χ3n) is 6.02. The molecular formula is C24H26N2O6. The molecule has 1 aromatic carbocycles. The number of ether oxygens (including phenoxy) is 1. The highest BCUT2D eigenvalue weighted by Gasteiger charge is 2.44. The first-order valence-electron chi connectivity index (χ1n) is 10.7. The topological polar surface area (TPSA) is 100 Å². The Kier molecular flexibility index (Phi) is 6.14. The minimum absolute atomic E-state index is 0.0170. The van der Waals surface area contributed by atoms with Crippen molar-refractivity contribution in [3.05, 3.63) is 70.4 Å². The summed E-state index contributed by atoms with van der Waals surface area (Å²) >= 11 is 0. The predicted molar refractivity (Wildman–Crippen MR) is 115 cm³/mol. The van der Waals surface area contributed by atoms with Gasteiger partial charge in [0.05, 0.1) is 24.3 Å². The number of hydrogen-bond acceptors (Lipinski definition) is 7. The van der Waals surface area contributed by atoms with Gasteiger partial charge in [-0.2, -0.15) is 0 Å². The summed E-state index contributed by atoms with van der Waals surface area (Å²) in [6.07, 6.45) is 2.24. The summed E-state index contributed by atoms with van der Waals surface area (Å²) < 4.78 is 10.2. The van der Waals surface area contributed by atoms with Crippen LogP contribution in [0.25, 0.3) is 0 Å². The van der Waals surface area contributed by atoms with E-state index in [-0.39, 0.29) is 11.3 Å². The molecule has 32 heavy (non-hydrogen) atoms. The van der Waals surface area contributed by atoms with Gasteiger partial charge in [-0.05, 0) is 62.7 Å². The van der Waals surface area contributed by atoms with Crippen molar-refractivity contribution in [2.45, 2.75) is 25.8 Å². The van der Waals surface area contributed by atoms with Crippen LogP contribution in [-0.2, 0) is 9.53 Å². The second kappa shape index (κ2) is 9.00. The number of esters is 1. The summed E-state index contributed by atoms with van der Waals surface area (Å²) in [7, 11) is 1.30. The van der Waals surface area contributed by atoms with E-state index in [4.69, 9.17) is 9.15 Å². The predicted octanol–water partition coefficient (Wildman–Crippen LogP) is 3.05. The highest BCUT2D eigenvalue weighted by Crippen LogP contribution is 2.39. The Morgan fingerprint density at radius 3 is 2.38 bits per heavy atom. The number of amides is 1. The van der Waals surface area contributed by atoms with Crippen LogP contribution in [0.3, 0.4) is 0 Å². The molecule has 1 unspecified atom stereocenters. The molecule has 8 nitrogen and oxygen atoms in total. The number of carbonyl (C=O) groups is 3. The number of methoxy groups -OCH3 is 1. The van der Waals surface area contributed by atoms with Gasteiger partial charge in [-0.25, -0.2) is 4.79 Å². The Morgan fingerprint density at radius 2 is 1.78 bits per heavy atom. The van der Waals surface area contributed by atoms with Crippen molar-refractivity contribution in [1.29, 1.82) is 0 Å². The summed E-state index contributed by atoms with van der Waals surface area (Å²) in [5.41, 5.74) is 0.951. The lowest BCUT2D eigenvalue weighted by atomic mass is 9.94. The molecule has 1 aromatic heterocycles. The number of aliphatic hydroxyl groups excluding tert-OH is 1. The number of likely N-dealkylation sites (tertiary alicyclic amines) is 1. The Morgan fingerprint density at radius 1 is 1.09 bits per heavy atom. The maximum atomic E-state index is 13.3. The van der Waals surface area contributed by atoms with Crippen molar-refractivity contribution < 1.29 is 28.6 Å². The molecule has 4 rings (SSSR count). The van der Waals surface area contributed by atoms with Crippen LogP contribution in [0, 0.1) is 6.92 Å². The molecule has 2 aromatic rings. The maximum Gasteiger partial charge on any atom is 0.337 e. The third kappa shape index (κ3) is 4.05. The third-order valence-corrected chi connectivity index (χ3v) is 6.02. The first-order chi connectivity index (χ1) is 15.4. The van der Waals surface area contributed by atoms with E-state index in [0.717, 1.165) is 25.9 Å². The molecule has 3 heterocycles. The second-order valence-corrected chi connectivity index (χ2v) is 8.07. The van der Waals surface area contributed by atoms with Crippen LogP contribution in [0.4, 0.5) is 0 Å². The average molecular weight is 438 g/mol. The number of nitrogens with zero attached hydrogens (tertiary/aromatic N) is 2. The van der Waals surface area contributed by atoms with Gasteiger partial charge in [0.2, 0.25) is 5.78 Å². The Labute approximate surface area is 186 Å². The van der Waals surface area contributed by atoms with Gasteiger partial charge >= 0.3 is 5.97 Å². The van der Waals surface area contributed by atoms with Gasteiger partial charge in [-0.1, -0.05) is 12.1 Å². The summed E-state index contributed by atoms with van der Waals surface area (Å²) in [6, 6.07) is 8.92. The number of aliphatic hydroxyl groups is 1. The van der Waals surface area contributed by atoms with Crippen molar-refractivity contribution in [2.24, 2.45) is 0 Å². The molecule has 1 atom stereocenters. The van der Waals surface area contributed by atoms with Crippen LogP contribution in [-0.4, -0.2) is 65.9 Å². The van der Waals surface area contributed by atoms with Crippen molar-refractivity contribution in [1.82, 2.24) is 9.80 Å². The molecule has 1 fully saturated rings. The molecule has 8 heteroatoms. The Hall–Kier alpha value is -3.39. The lowest BCUT2D eigenvalue weighted by Gasteiger charge is -2.28. The summed E-state index contributed by atoms with van der Waals surface area (Å²) in [6.45, 7) is 4.67. The minimum Gasteiger partial charge on any atom is -0.503 e.